The van der Waals surface area contributed by atoms with Crippen molar-refractivity contribution in [2.24, 2.45) is 0 Å². The number of aliphatic hydroxyl groups excluding tert-OH is 1. The molecule has 1 atom stereocenters. The van der Waals surface area contributed by atoms with E-state index in [1.807, 2.05) is 0 Å². The quantitative estimate of drug-likeness (QED) is 0.721. The highest BCUT2D eigenvalue weighted by molar-refractivity contribution is 5.98. The fourth-order valence-corrected chi connectivity index (χ4v) is 1.44. The maximum Gasteiger partial charge on any atom is 0.337 e. The van der Waals surface area contributed by atoms with Gasteiger partial charge in [0.2, 0.25) is 0 Å². The first kappa shape index (κ1) is 15.6. The van der Waals surface area contributed by atoms with Crippen LogP contribution in [0.1, 0.15) is 20.7 Å². The molecule has 7 nitrogen and oxygen atoms in total. The third kappa shape index (κ3) is 3.79. The largest absolute Gasteiger partial charge is 0.467 e. The molecule has 0 saturated heterocycles. The molecular formula is C13H15NO6. The molecule has 0 spiro atoms. The number of aliphatic hydroxyl groups is 1. The van der Waals surface area contributed by atoms with E-state index in [9.17, 15) is 14.4 Å². The van der Waals surface area contributed by atoms with Crippen LogP contribution in [0.15, 0.2) is 24.3 Å². The van der Waals surface area contributed by atoms with E-state index in [0.717, 1.165) is 7.11 Å². The molecule has 0 aromatic heterocycles. The van der Waals surface area contributed by atoms with Crippen LogP contribution >= 0.6 is 0 Å². The smallest absolute Gasteiger partial charge is 0.337 e. The molecule has 0 saturated carbocycles. The lowest BCUT2D eigenvalue weighted by Crippen LogP contribution is -2.44. The van der Waals surface area contributed by atoms with Gasteiger partial charge in [-0.3, -0.25) is 4.79 Å². The van der Waals surface area contributed by atoms with Crippen molar-refractivity contribution in [1.29, 1.82) is 0 Å². The van der Waals surface area contributed by atoms with Crippen molar-refractivity contribution >= 4 is 17.8 Å². The van der Waals surface area contributed by atoms with Crippen LogP contribution in [-0.4, -0.2) is 49.8 Å². The average Bonchev–Trinajstić information content (AvgIpc) is 2.50. The molecule has 0 aliphatic carbocycles. The molecule has 1 aromatic rings. The molecule has 0 fully saturated rings. The second-order valence-electron chi connectivity index (χ2n) is 3.80. The van der Waals surface area contributed by atoms with Crippen molar-refractivity contribution in [2.45, 2.75) is 6.04 Å². The number of carbonyl (C=O) groups excluding carboxylic acids is 3. The Morgan fingerprint density at radius 3 is 2.10 bits per heavy atom. The van der Waals surface area contributed by atoms with Gasteiger partial charge in [-0.1, -0.05) is 0 Å². The molecule has 0 bridgehead atoms. The molecule has 0 unspecified atom stereocenters. The number of benzene rings is 1. The van der Waals surface area contributed by atoms with E-state index < -0.39 is 30.5 Å². The number of esters is 2. The summed E-state index contributed by atoms with van der Waals surface area (Å²) in [6.45, 7) is -0.571. The number of ether oxygens (including phenoxy) is 2. The molecule has 0 radical (unpaired) electrons. The summed E-state index contributed by atoms with van der Waals surface area (Å²) >= 11 is 0. The lowest BCUT2D eigenvalue weighted by atomic mass is 10.1. The average molecular weight is 281 g/mol. The summed E-state index contributed by atoms with van der Waals surface area (Å²) < 4.78 is 8.96. The molecule has 0 aliphatic rings. The van der Waals surface area contributed by atoms with Crippen LogP contribution in [-0.2, 0) is 14.3 Å². The number of carbonyl (C=O) groups is 3. The first-order valence-electron chi connectivity index (χ1n) is 5.71. The number of amides is 1. The van der Waals surface area contributed by atoms with Gasteiger partial charge in [0.25, 0.3) is 5.91 Å². The van der Waals surface area contributed by atoms with E-state index in [1.54, 1.807) is 0 Å². The molecule has 1 aromatic carbocycles. The van der Waals surface area contributed by atoms with E-state index in [2.05, 4.69) is 14.8 Å². The normalized spacial score (nSPS) is 11.3. The van der Waals surface area contributed by atoms with Gasteiger partial charge in [-0.15, -0.1) is 0 Å². The molecule has 1 amide bonds. The van der Waals surface area contributed by atoms with E-state index in [4.69, 9.17) is 5.11 Å². The lowest BCUT2D eigenvalue weighted by molar-refractivity contribution is -0.143. The first-order valence-corrected chi connectivity index (χ1v) is 5.71. The number of methoxy groups -OCH3 is 2. The maximum atomic E-state index is 11.8. The number of rotatable bonds is 5. The van der Waals surface area contributed by atoms with Crippen molar-refractivity contribution in [1.82, 2.24) is 5.32 Å². The molecular weight excluding hydrogens is 266 g/mol. The number of hydrogen-bond acceptors (Lipinski definition) is 6. The second kappa shape index (κ2) is 7.25. The second-order valence-corrected chi connectivity index (χ2v) is 3.80. The highest BCUT2D eigenvalue weighted by atomic mass is 16.5. The summed E-state index contributed by atoms with van der Waals surface area (Å²) in [6.07, 6.45) is 0. The molecule has 7 heteroatoms. The summed E-state index contributed by atoms with van der Waals surface area (Å²) in [5, 5.41) is 11.3. The van der Waals surface area contributed by atoms with Gasteiger partial charge in [0.1, 0.15) is 0 Å². The first-order chi connectivity index (χ1) is 9.53. The van der Waals surface area contributed by atoms with E-state index in [0.29, 0.717) is 5.56 Å². The van der Waals surface area contributed by atoms with Gasteiger partial charge in [0.15, 0.2) is 6.04 Å². The van der Waals surface area contributed by atoms with Crippen LogP contribution in [0.2, 0.25) is 0 Å². The van der Waals surface area contributed by atoms with Crippen molar-refractivity contribution in [3.05, 3.63) is 35.4 Å². The van der Waals surface area contributed by atoms with Gasteiger partial charge >= 0.3 is 11.9 Å². The van der Waals surface area contributed by atoms with Crippen LogP contribution < -0.4 is 5.32 Å². The zero-order chi connectivity index (χ0) is 15.1. The summed E-state index contributed by atoms with van der Waals surface area (Å²) in [7, 11) is 2.41. The van der Waals surface area contributed by atoms with Gasteiger partial charge < -0.3 is 19.9 Å². The van der Waals surface area contributed by atoms with Crippen LogP contribution in [0.3, 0.4) is 0 Å². The zero-order valence-electron chi connectivity index (χ0n) is 11.1. The Labute approximate surface area is 115 Å². The Kier molecular flexibility index (Phi) is 5.67. The highest BCUT2D eigenvalue weighted by Gasteiger charge is 2.21. The fraction of sp³-hybridized carbons (Fsp3) is 0.308. The predicted molar refractivity (Wildman–Crippen MR) is 68.1 cm³/mol. The maximum absolute atomic E-state index is 11.8. The Balaban J connectivity index is 2.77. The van der Waals surface area contributed by atoms with Gasteiger partial charge in [0, 0.05) is 5.56 Å². The van der Waals surface area contributed by atoms with Crippen molar-refractivity contribution < 1.29 is 29.0 Å². The molecule has 0 aliphatic heterocycles. The van der Waals surface area contributed by atoms with E-state index in [1.165, 1.54) is 31.4 Å². The summed E-state index contributed by atoms with van der Waals surface area (Å²) in [6, 6.07) is 4.54. The molecule has 1 rings (SSSR count). The zero-order valence-corrected chi connectivity index (χ0v) is 11.1. The van der Waals surface area contributed by atoms with Crippen LogP contribution in [0.5, 0.6) is 0 Å². The summed E-state index contributed by atoms with van der Waals surface area (Å²) in [5.74, 6) is -1.82. The van der Waals surface area contributed by atoms with E-state index >= 15 is 0 Å². The molecule has 20 heavy (non-hydrogen) atoms. The Hall–Kier alpha value is -2.41. The lowest BCUT2D eigenvalue weighted by Gasteiger charge is -2.13. The Morgan fingerprint density at radius 2 is 1.65 bits per heavy atom. The molecule has 0 heterocycles. The third-order valence-corrected chi connectivity index (χ3v) is 2.54. The standard InChI is InChI=1S/C13H15NO6/c1-19-12(17)9-5-3-8(4-6-9)11(16)14-10(7-15)13(18)20-2/h3-6,10,15H,7H2,1-2H3,(H,14,16)/t10-/m0/s1. The highest BCUT2D eigenvalue weighted by Crippen LogP contribution is 2.06. The predicted octanol–water partition coefficient (Wildman–Crippen LogP) is -0.263. The summed E-state index contributed by atoms with van der Waals surface area (Å²) in [5.41, 5.74) is 0.538. The minimum atomic E-state index is -1.13. The van der Waals surface area contributed by atoms with Crippen LogP contribution in [0.4, 0.5) is 0 Å². The Bertz CT molecular complexity index is 496. The topological polar surface area (TPSA) is 102 Å². The van der Waals surface area contributed by atoms with Gasteiger partial charge in [-0.25, -0.2) is 9.59 Å². The number of nitrogens with one attached hydrogen (secondary N) is 1. The number of hydrogen-bond donors (Lipinski definition) is 2. The van der Waals surface area contributed by atoms with Gasteiger partial charge in [-0.05, 0) is 24.3 Å². The summed E-state index contributed by atoms with van der Waals surface area (Å²) in [4.78, 5) is 34.3. The Morgan fingerprint density at radius 1 is 1.10 bits per heavy atom. The minimum Gasteiger partial charge on any atom is -0.467 e. The van der Waals surface area contributed by atoms with Crippen LogP contribution in [0, 0.1) is 0 Å². The van der Waals surface area contributed by atoms with Gasteiger partial charge in [-0.2, -0.15) is 0 Å². The van der Waals surface area contributed by atoms with E-state index in [-0.39, 0.29) is 5.56 Å². The van der Waals surface area contributed by atoms with Crippen LogP contribution in [0.25, 0.3) is 0 Å². The van der Waals surface area contributed by atoms with Crippen molar-refractivity contribution in [3.8, 4) is 0 Å². The minimum absolute atomic E-state index is 0.236. The van der Waals surface area contributed by atoms with Crippen molar-refractivity contribution in [3.63, 3.8) is 0 Å². The third-order valence-electron chi connectivity index (χ3n) is 2.54. The molecule has 2 N–H and O–H groups in total. The SMILES string of the molecule is COC(=O)c1ccc(C(=O)N[C@@H](CO)C(=O)OC)cc1. The van der Waals surface area contributed by atoms with Crippen molar-refractivity contribution in [2.75, 3.05) is 20.8 Å². The van der Waals surface area contributed by atoms with Gasteiger partial charge in [0.05, 0.1) is 26.4 Å². The fourth-order valence-electron chi connectivity index (χ4n) is 1.44. The monoisotopic (exact) mass is 281 g/mol. The molecule has 108 valence electrons.